The lowest BCUT2D eigenvalue weighted by molar-refractivity contribution is -0.142. The highest BCUT2D eigenvalue weighted by Crippen LogP contribution is 2.34. The predicted molar refractivity (Wildman–Crippen MR) is 64.2 cm³/mol. The second-order valence-corrected chi connectivity index (χ2v) is 5.97. The van der Waals surface area contributed by atoms with Gasteiger partial charge in [0.1, 0.15) is 11.5 Å². The number of carboxylic acid groups (broad SMARTS) is 1. The molecule has 18 heavy (non-hydrogen) atoms. The Bertz CT molecular complexity index is 573. The number of rotatable bonds is 4. The number of hydrogen-bond donors (Lipinski definition) is 2. The molecule has 0 aliphatic carbocycles. The van der Waals surface area contributed by atoms with Crippen molar-refractivity contribution in [1.82, 2.24) is 0 Å². The molecule has 0 spiro atoms. The van der Waals surface area contributed by atoms with Gasteiger partial charge in [0.25, 0.3) is 0 Å². The van der Waals surface area contributed by atoms with Gasteiger partial charge in [-0.2, -0.15) is 8.42 Å². The van der Waals surface area contributed by atoms with Gasteiger partial charge in [-0.25, -0.2) is 0 Å². The zero-order valence-corrected chi connectivity index (χ0v) is 11.0. The number of phenols is 1. The van der Waals surface area contributed by atoms with Gasteiger partial charge in [0.05, 0.1) is 11.7 Å². The topological polar surface area (TPSA) is 101 Å². The SMILES string of the molecule is CC(C)(C(=O)O)c1cc(OS(C)(=O)=O)ccc1O. The van der Waals surface area contributed by atoms with Crippen molar-refractivity contribution in [3.8, 4) is 11.5 Å². The van der Waals surface area contributed by atoms with E-state index in [1.54, 1.807) is 0 Å². The Balaban J connectivity index is 3.30. The molecular formula is C11H14O6S. The van der Waals surface area contributed by atoms with Crippen LogP contribution >= 0.6 is 0 Å². The van der Waals surface area contributed by atoms with E-state index in [2.05, 4.69) is 4.18 Å². The third kappa shape index (κ3) is 3.13. The van der Waals surface area contributed by atoms with E-state index in [0.717, 1.165) is 6.26 Å². The van der Waals surface area contributed by atoms with Gasteiger partial charge < -0.3 is 14.4 Å². The van der Waals surface area contributed by atoms with E-state index in [1.807, 2.05) is 0 Å². The van der Waals surface area contributed by atoms with E-state index in [-0.39, 0.29) is 17.1 Å². The van der Waals surface area contributed by atoms with Gasteiger partial charge in [-0.3, -0.25) is 4.79 Å². The Kier molecular flexibility index (Phi) is 3.57. The molecule has 0 radical (unpaired) electrons. The normalized spacial score (nSPS) is 12.2. The second-order valence-electron chi connectivity index (χ2n) is 4.40. The Morgan fingerprint density at radius 2 is 1.89 bits per heavy atom. The van der Waals surface area contributed by atoms with Crippen LogP contribution in [0.25, 0.3) is 0 Å². The van der Waals surface area contributed by atoms with E-state index < -0.39 is 21.5 Å². The van der Waals surface area contributed by atoms with E-state index in [9.17, 15) is 18.3 Å². The van der Waals surface area contributed by atoms with E-state index >= 15 is 0 Å². The number of carbonyl (C=O) groups is 1. The zero-order valence-electron chi connectivity index (χ0n) is 10.2. The summed E-state index contributed by atoms with van der Waals surface area (Å²) >= 11 is 0. The molecule has 6 nitrogen and oxygen atoms in total. The van der Waals surface area contributed by atoms with Crippen molar-refractivity contribution in [1.29, 1.82) is 0 Å². The molecule has 0 fully saturated rings. The van der Waals surface area contributed by atoms with E-state index in [4.69, 9.17) is 5.11 Å². The maximum atomic E-state index is 11.1. The van der Waals surface area contributed by atoms with Crippen molar-refractivity contribution < 1.29 is 27.6 Å². The average Bonchev–Trinajstić information content (AvgIpc) is 2.18. The van der Waals surface area contributed by atoms with Crippen LogP contribution in [0.1, 0.15) is 19.4 Å². The number of aromatic hydroxyl groups is 1. The summed E-state index contributed by atoms with van der Waals surface area (Å²) < 4.78 is 26.6. The molecule has 0 heterocycles. The fraction of sp³-hybridized carbons (Fsp3) is 0.364. The van der Waals surface area contributed by atoms with Crippen LogP contribution in [-0.2, 0) is 20.3 Å². The molecule has 1 aromatic carbocycles. The summed E-state index contributed by atoms with van der Waals surface area (Å²) in [6.07, 6.45) is 0.877. The lowest BCUT2D eigenvalue weighted by Gasteiger charge is -2.21. The number of phenolic OH excluding ortho intramolecular Hbond substituents is 1. The summed E-state index contributed by atoms with van der Waals surface area (Å²) in [5.41, 5.74) is -1.28. The lowest BCUT2D eigenvalue weighted by atomic mass is 9.84. The molecular weight excluding hydrogens is 260 g/mol. The lowest BCUT2D eigenvalue weighted by Crippen LogP contribution is -2.28. The van der Waals surface area contributed by atoms with Gasteiger partial charge in [-0.15, -0.1) is 0 Å². The Labute approximate surface area is 105 Å². The molecule has 0 bridgehead atoms. The quantitative estimate of drug-likeness (QED) is 0.797. The van der Waals surface area contributed by atoms with E-state index in [0.29, 0.717) is 0 Å². The minimum Gasteiger partial charge on any atom is -0.508 e. The van der Waals surface area contributed by atoms with Gasteiger partial charge in [0, 0.05) is 5.56 Å². The molecule has 100 valence electrons. The van der Waals surface area contributed by atoms with Gasteiger partial charge in [0.15, 0.2) is 0 Å². The Hall–Kier alpha value is -1.76. The second kappa shape index (κ2) is 4.49. The zero-order chi connectivity index (χ0) is 14.1. The van der Waals surface area contributed by atoms with Crippen LogP contribution in [0.15, 0.2) is 18.2 Å². The number of benzene rings is 1. The van der Waals surface area contributed by atoms with Gasteiger partial charge in [0.2, 0.25) is 0 Å². The Morgan fingerprint density at radius 3 is 2.33 bits per heavy atom. The smallest absolute Gasteiger partial charge is 0.313 e. The molecule has 0 saturated carbocycles. The van der Waals surface area contributed by atoms with Crippen molar-refractivity contribution >= 4 is 16.1 Å². The van der Waals surface area contributed by atoms with Crippen molar-refractivity contribution in [2.24, 2.45) is 0 Å². The highest BCUT2D eigenvalue weighted by Gasteiger charge is 2.32. The molecule has 0 atom stereocenters. The summed E-state index contributed by atoms with van der Waals surface area (Å²) in [6, 6.07) is 3.64. The summed E-state index contributed by atoms with van der Waals surface area (Å²) in [7, 11) is -3.70. The van der Waals surface area contributed by atoms with Crippen LogP contribution < -0.4 is 4.18 Å². The third-order valence-corrected chi connectivity index (χ3v) is 2.92. The number of hydrogen-bond acceptors (Lipinski definition) is 5. The third-order valence-electron chi connectivity index (χ3n) is 2.42. The number of carboxylic acids is 1. The van der Waals surface area contributed by atoms with Crippen LogP contribution in [0.5, 0.6) is 11.5 Å². The molecule has 0 aliphatic heterocycles. The minimum atomic E-state index is -3.70. The molecule has 2 N–H and O–H groups in total. The van der Waals surface area contributed by atoms with Gasteiger partial charge in [-0.05, 0) is 32.0 Å². The first-order chi connectivity index (χ1) is 8.04. The summed E-state index contributed by atoms with van der Waals surface area (Å²) in [4.78, 5) is 11.1. The largest absolute Gasteiger partial charge is 0.508 e. The average molecular weight is 274 g/mol. The fourth-order valence-corrected chi connectivity index (χ4v) is 1.81. The van der Waals surface area contributed by atoms with Crippen molar-refractivity contribution in [3.05, 3.63) is 23.8 Å². The molecule has 0 aromatic heterocycles. The van der Waals surface area contributed by atoms with Gasteiger partial charge in [-0.1, -0.05) is 0 Å². The summed E-state index contributed by atoms with van der Waals surface area (Å²) in [5, 5.41) is 18.7. The minimum absolute atomic E-state index is 0.0420. The van der Waals surface area contributed by atoms with Crippen LogP contribution in [-0.4, -0.2) is 30.9 Å². The maximum Gasteiger partial charge on any atom is 0.313 e. The predicted octanol–water partition coefficient (Wildman–Crippen LogP) is 1.09. The molecule has 0 saturated heterocycles. The van der Waals surface area contributed by atoms with Crippen LogP contribution in [0.2, 0.25) is 0 Å². The number of aliphatic carboxylic acids is 1. The molecule has 0 unspecified atom stereocenters. The first kappa shape index (κ1) is 14.3. The first-order valence-corrected chi connectivity index (χ1v) is 6.82. The standard InChI is InChI=1S/C11H14O6S/c1-11(2,10(13)14)8-6-7(4-5-9(8)12)17-18(3,15)16/h4-6,12H,1-3H3,(H,13,14). The summed E-state index contributed by atoms with van der Waals surface area (Å²) in [5.74, 6) is -1.42. The van der Waals surface area contributed by atoms with Crippen molar-refractivity contribution in [3.63, 3.8) is 0 Å². The highest BCUT2D eigenvalue weighted by molar-refractivity contribution is 7.86. The van der Waals surface area contributed by atoms with Crippen LogP contribution in [0.4, 0.5) is 0 Å². The van der Waals surface area contributed by atoms with E-state index in [1.165, 1.54) is 32.0 Å². The molecule has 7 heteroatoms. The Morgan fingerprint density at radius 1 is 1.33 bits per heavy atom. The molecule has 0 amide bonds. The van der Waals surface area contributed by atoms with Crippen molar-refractivity contribution in [2.75, 3.05) is 6.26 Å². The molecule has 0 aliphatic rings. The van der Waals surface area contributed by atoms with Crippen LogP contribution in [0, 0.1) is 0 Å². The van der Waals surface area contributed by atoms with Crippen molar-refractivity contribution in [2.45, 2.75) is 19.3 Å². The maximum absolute atomic E-state index is 11.1. The fourth-order valence-electron chi connectivity index (χ4n) is 1.36. The van der Waals surface area contributed by atoms with Gasteiger partial charge >= 0.3 is 16.1 Å². The first-order valence-electron chi connectivity index (χ1n) is 5.00. The van der Waals surface area contributed by atoms with Crippen LogP contribution in [0.3, 0.4) is 0 Å². The summed E-state index contributed by atoms with van der Waals surface area (Å²) in [6.45, 7) is 2.79. The highest BCUT2D eigenvalue weighted by atomic mass is 32.2. The molecule has 1 rings (SSSR count). The monoisotopic (exact) mass is 274 g/mol. The molecule has 1 aromatic rings.